The van der Waals surface area contributed by atoms with Crippen molar-refractivity contribution in [2.45, 2.75) is 18.7 Å². The molecule has 3 rings (SSSR count). The number of hydrogen-bond donors (Lipinski definition) is 2. The second-order valence-electron chi connectivity index (χ2n) is 6.03. The van der Waals surface area contributed by atoms with E-state index in [-0.39, 0.29) is 17.1 Å². The first-order chi connectivity index (χ1) is 12.7. The highest BCUT2D eigenvalue weighted by atomic mass is 19.4. The lowest BCUT2D eigenvalue weighted by atomic mass is 9.85. The molecule has 0 aliphatic rings. The molecule has 0 aliphatic carbocycles. The first kappa shape index (κ1) is 18.8. The van der Waals surface area contributed by atoms with Crippen molar-refractivity contribution in [1.29, 1.82) is 0 Å². The first-order valence-corrected chi connectivity index (χ1v) is 8.04. The number of aromatic nitrogens is 2. The number of hydrogen-bond acceptors (Lipinski definition) is 4. The van der Waals surface area contributed by atoms with E-state index in [4.69, 9.17) is 10.5 Å². The summed E-state index contributed by atoms with van der Waals surface area (Å²) < 4.78 is 48.3. The smallest absolute Gasteiger partial charge is 0.425 e. The zero-order valence-electron chi connectivity index (χ0n) is 14.7. The Hall–Kier alpha value is -3.00. The number of alkyl halides is 3. The molecule has 142 valence electrons. The van der Waals surface area contributed by atoms with Gasteiger partial charge >= 0.3 is 6.18 Å². The Labute approximate surface area is 153 Å². The van der Waals surface area contributed by atoms with Crippen molar-refractivity contribution >= 4 is 5.82 Å². The summed E-state index contributed by atoms with van der Waals surface area (Å²) in [5.41, 5.74) is 2.30. The minimum absolute atomic E-state index is 0.0213. The third-order valence-corrected chi connectivity index (χ3v) is 4.38. The lowest BCUT2D eigenvalue weighted by Crippen LogP contribution is -2.44. The molecule has 2 aromatic carbocycles. The SMILES string of the molecule is COc1ccc([C@](O)(c2c(C)nn(-c3ccccc3)c2N)C(F)(F)F)cc1. The number of anilines is 1. The summed E-state index contributed by atoms with van der Waals surface area (Å²) in [5, 5.41) is 15.0. The van der Waals surface area contributed by atoms with Gasteiger partial charge < -0.3 is 15.6 Å². The predicted octanol–water partition coefficient (Wildman–Crippen LogP) is 3.57. The summed E-state index contributed by atoms with van der Waals surface area (Å²) in [5.74, 6) is 0.0855. The fraction of sp³-hybridized carbons (Fsp3) is 0.211. The maximum atomic E-state index is 14.1. The van der Waals surface area contributed by atoms with Gasteiger partial charge in [-0.25, -0.2) is 4.68 Å². The van der Waals surface area contributed by atoms with Crippen LogP contribution >= 0.6 is 0 Å². The normalized spacial score (nSPS) is 14.0. The average Bonchev–Trinajstić information content (AvgIpc) is 2.95. The molecular formula is C19H18F3N3O2. The topological polar surface area (TPSA) is 73.3 Å². The van der Waals surface area contributed by atoms with E-state index in [1.165, 1.54) is 30.8 Å². The third-order valence-electron chi connectivity index (χ3n) is 4.38. The molecule has 1 heterocycles. The van der Waals surface area contributed by atoms with Gasteiger partial charge in [0.15, 0.2) is 0 Å². The molecule has 5 nitrogen and oxygen atoms in total. The molecule has 0 fully saturated rings. The molecule has 3 N–H and O–H groups in total. The van der Waals surface area contributed by atoms with E-state index in [0.29, 0.717) is 11.4 Å². The molecule has 0 bridgehead atoms. The number of nitrogens with two attached hydrogens (primary N) is 1. The fourth-order valence-electron chi connectivity index (χ4n) is 3.04. The maximum absolute atomic E-state index is 14.1. The second kappa shape index (κ2) is 6.62. The van der Waals surface area contributed by atoms with Crippen molar-refractivity contribution in [3.63, 3.8) is 0 Å². The Balaban J connectivity index is 2.24. The molecule has 27 heavy (non-hydrogen) atoms. The summed E-state index contributed by atoms with van der Waals surface area (Å²) in [7, 11) is 1.40. The monoisotopic (exact) mass is 377 g/mol. The molecule has 0 aliphatic heterocycles. The van der Waals surface area contributed by atoms with E-state index in [2.05, 4.69) is 5.10 Å². The van der Waals surface area contributed by atoms with E-state index in [0.717, 1.165) is 12.1 Å². The van der Waals surface area contributed by atoms with Crippen LogP contribution < -0.4 is 10.5 Å². The van der Waals surface area contributed by atoms with Crippen molar-refractivity contribution < 1.29 is 23.0 Å². The Bertz CT molecular complexity index is 937. The van der Waals surface area contributed by atoms with Crippen LogP contribution in [0, 0.1) is 6.92 Å². The number of aliphatic hydroxyl groups is 1. The Morgan fingerprint density at radius 3 is 2.15 bits per heavy atom. The molecule has 1 atom stereocenters. The summed E-state index contributed by atoms with van der Waals surface area (Å²) in [6.07, 6.45) is -5.02. The van der Waals surface area contributed by atoms with Crippen LogP contribution in [0.25, 0.3) is 5.69 Å². The van der Waals surface area contributed by atoms with Gasteiger partial charge in [-0.1, -0.05) is 30.3 Å². The predicted molar refractivity (Wildman–Crippen MR) is 94.8 cm³/mol. The highest BCUT2D eigenvalue weighted by Gasteiger charge is 2.59. The van der Waals surface area contributed by atoms with Crippen molar-refractivity contribution in [1.82, 2.24) is 9.78 Å². The van der Waals surface area contributed by atoms with E-state index >= 15 is 0 Å². The number of halogens is 3. The summed E-state index contributed by atoms with van der Waals surface area (Å²) in [6.45, 7) is 1.38. The number of benzene rings is 2. The third kappa shape index (κ3) is 3.02. The average molecular weight is 377 g/mol. The minimum atomic E-state index is -5.02. The van der Waals surface area contributed by atoms with Crippen LogP contribution in [0.4, 0.5) is 19.0 Å². The van der Waals surface area contributed by atoms with Gasteiger partial charge in [0.25, 0.3) is 0 Å². The molecule has 0 amide bonds. The van der Waals surface area contributed by atoms with Crippen LogP contribution in [0.5, 0.6) is 5.75 Å². The van der Waals surface area contributed by atoms with Crippen LogP contribution in [-0.2, 0) is 5.60 Å². The van der Waals surface area contributed by atoms with E-state index in [1.807, 2.05) is 0 Å². The van der Waals surface area contributed by atoms with Crippen LogP contribution in [0.2, 0.25) is 0 Å². The lowest BCUT2D eigenvalue weighted by Gasteiger charge is -2.31. The van der Waals surface area contributed by atoms with Gasteiger partial charge in [-0.3, -0.25) is 0 Å². The molecule has 0 spiro atoms. The number of para-hydroxylation sites is 1. The number of aryl methyl sites for hydroxylation is 1. The van der Waals surface area contributed by atoms with Gasteiger partial charge in [0.2, 0.25) is 5.60 Å². The van der Waals surface area contributed by atoms with Crippen molar-refractivity contribution in [3.05, 3.63) is 71.4 Å². The highest BCUT2D eigenvalue weighted by Crippen LogP contribution is 2.47. The molecule has 8 heteroatoms. The van der Waals surface area contributed by atoms with Crippen LogP contribution in [-0.4, -0.2) is 28.2 Å². The summed E-state index contributed by atoms with van der Waals surface area (Å²) >= 11 is 0. The summed E-state index contributed by atoms with van der Waals surface area (Å²) in [4.78, 5) is 0. The van der Waals surface area contributed by atoms with Gasteiger partial charge in [0, 0.05) is 0 Å². The molecule has 0 saturated carbocycles. The van der Waals surface area contributed by atoms with Crippen LogP contribution in [0.1, 0.15) is 16.8 Å². The number of ether oxygens (including phenoxy) is 1. The van der Waals surface area contributed by atoms with E-state index in [9.17, 15) is 18.3 Å². The van der Waals surface area contributed by atoms with Crippen LogP contribution in [0.15, 0.2) is 54.6 Å². The molecular weight excluding hydrogens is 359 g/mol. The van der Waals surface area contributed by atoms with Crippen molar-refractivity contribution in [2.75, 3.05) is 12.8 Å². The van der Waals surface area contributed by atoms with E-state index < -0.39 is 17.3 Å². The Morgan fingerprint density at radius 1 is 1.04 bits per heavy atom. The maximum Gasteiger partial charge on any atom is 0.425 e. The number of methoxy groups -OCH3 is 1. The van der Waals surface area contributed by atoms with Gasteiger partial charge in [-0.05, 0) is 36.8 Å². The van der Waals surface area contributed by atoms with Gasteiger partial charge in [-0.15, -0.1) is 0 Å². The molecule has 3 aromatic rings. The zero-order valence-corrected chi connectivity index (χ0v) is 14.7. The van der Waals surface area contributed by atoms with Crippen molar-refractivity contribution in [3.8, 4) is 11.4 Å². The minimum Gasteiger partial charge on any atom is -0.497 e. The lowest BCUT2D eigenvalue weighted by molar-refractivity contribution is -0.248. The van der Waals surface area contributed by atoms with E-state index in [1.54, 1.807) is 30.3 Å². The highest BCUT2D eigenvalue weighted by molar-refractivity contribution is 5.57. The fourth-order valence-corrected chi connectivity index (χ4v) is 3.04. The van der Waals surface area contributed by atoms with Gasteiger partial charge in [0.05, 0.1) is 24.1 Å². The standard InChI is InChI=1S/C19H18F3N3O2/c1-12-16(17(23)25(24-12)14-6-4-3-5-7-14)18(26,19(20,21)22)13-8-10-15(27-2)11-9-13/h3-11,26H,23H2,1-2H3/t18-/m0/s1. The molecule has 0 unspecified atom stereocenters. The largest absolute Gasteiger partial charge is 0.497 e. The van der Waals surface area contributed by atoms with Gasteiger partial charge in [0.1, 0.15) is 11.6 Å². The van der Waals surface area contributed by atoms with Crippen LogP contribution in [0.3, 0.4) is 0 Å². The number of nitrogens with zero attached hydrogens (tertiary/aromatic N) is 2. The quantitative estimate of drug-likeness (QED) is 0.729. The second-order valence-corrected chi connectivity index (χ2v) is 6.03. The Morgan fingerprint density at radius 2 is 1.63 bits per heavy atom. The first-order valence-electron chi connectivity index (χ1n) is 8.04. The van der Waals surface area contributed by atoms with Gasteiger partial charge in [-0.2, -0.15) is 18.3 Å². The zero-order chi connectivity index (χ0) is 19.8. The molecule has 1 aromatic heterocycles. The van der Waals surface area contributed by atoms with Crippen molar-refractivity contribution in [2.24, 2.45) is 0 Å². The Kier molecular flexibility index (Phi) is 4.61. The number of nitrogen functional groups attached to an aromatic ring is 1. The molecule has 0 saturated heterocycles. The molecule has 0 radical (unpaired) electrons. The summed E-state index contributed by atoms with van der Waals surface area (Å²) in [6, 6.07) is 13.5. The number of rotatable bonds is 4.